The monoisotopic (exact) mass is 416 g/mol. The second-order valence-corrected chi connectivity index (χ2v) is 7.84. The summed E-state index contributed by atoms with van der Waals surface area (Å²) in [5.41, 5.74) is -0.195. The molecule has 1 fully saturated rings. The first-order chi connectivity index (χ1) is 9.65. The molecule has 1 aliphatic rings. The summed E-state index contributed by atoms with van der Waals surface area (Å²) in [5.74, 6) is -0.214. The maximum Gasteiger partial charge on any atom is 0.252 e. The number of hydrogen-bond acceptors (Lipinski definition) is 2. The highest BCUT2D eigenvalue weighted by molar-refractivity contribution is 9.11. The molecule has 1 saturated heterocycles. The van der Waals surface area contributed by atoms with Crippen molar-refractivity contribution in [3.05, 3.63) is 27.1 Å². The van der Waals surface area contributed by atoms with Gasteiger partial charge in [0.05, 0.1) is 5.69 Å². The molecule has 0 saturated carbocycles. The van der Waals surface area contributed by atoms with Gasteiger partial charge in [-0.1, -0.05) is 29.8 Å². The van der Waals surface area contributed by atoms with Crippen LogP contribution in [0, 0.1) is 5.92 Å². The van der Waals surface area contributed by atoms with Gasteiger partial charge in [-0.2, -0.15) is 0 Å². The number of nitrogens with zero attached hydrogens (tertiary/aromatic N) is 1. The lowest BCUT2D eigenvalue weighted by atomic mass is 9.91. The maximum absolute atomic E-state index is 12.8. The summed E-state index contributed by atoms with van der Waals surface area (Å²) in [6, 6.07) is 5.07. The molecule has 1 aromatic rings. The van der Waals surface area contributed by atoms with Gasteiger partial charge in [0.1, 0.15) is 11.6 Å². The van der Waals surface area contributed by atoms with E-state index in [0.717, 1.165) is 8.95 Å². The van der Waals surface area contributed by atoms with E-state index in [4.69, 9.17) is 0 Å². The van der Waals surface area contributed by atoms with Crippen molar-refractivity contribution in [3.8, 4) is 0 Å². The van der Waals surface area contributed by atoms with Crippen LogP contribution < -0.4 is 10.2 Å². The number of nitrogens with one attached hydrogen (secondary N) is 1. The van der Waals surface area contributed by atoms with Crippen LogP contribution in [0.4, 0.5) is 5.69 Å². The topological polar surface area (TPSA) is 49.4 Å². The van der Waals surface area contributed by atoms with E-state index in [9.17, 15) is 9.59 Å². The SMILES string of the molecule is CC(C)C1C(=O)NC(C)(C)C(=O)N1c1ccc(Br)cc1Br. The van der Waals surface area contributed by atoms with Crippen LogP contribution in [0.3, 0.4) is 0 Å². The summed E-state index contributed by atoms with van der Waals surface area (Å²) in [5, 5.41) is 2.81. The molecule has 1 atom stereocenters. The standard InChI is InChI=1S/C15H18Br2N2O2/c1-8(2)12-13(20)18-15(3,4)14(21)19(12)11-6-5-9(16)7-10(11)17/h5-8,12H,1-4H3,(H,18,20). The fourth-order valence-corrected chi connectivity index (χ4v) is 3.75. The summed E-state index contributed by atoms with van der Waals surface area (Å²) in [7, 11) is 0. The summed E-state index contributed by atoms with van der Waals surface area (Å²) < 4.78 is 1.69. The first kappa shape index (κ1) is 16.5. The molecule has 1 N–H and O–H groups in total. The van der Waals surface area contributed by atoms with Crippen LogP contribution in [0.25, 0.3) is 0 Å². The van der Waals surface area contributed by atoms with E-state index in [0.29, 0.717) is 5.69 Å². The fourth-order valence-electron chi connectivity index (χ4n) is 2.52. The van der Waals surface area contributed by atoms with Crippen molar-refractivity contribution in [2.24, 2.45) is 5.92 Å². The molecule has 2 rings (SSSR count). The number of benzene rings is 1. The third-order valence-electron chi connectivity index (χ3n) is 3.54. The van der Waals surface area contributed by atoms with E-state index in [1.165, 1.54) is 0 Å². The third-order valence-corrected chi connectivity index (χ3v) is 4.67. The lowest BCUT2D eigenvalue weighted by molar-refractivity contribution is -0.138. The van der Waals surface area contributed by atoms with Crippen molar-refractivity contribution in [1.82, 2.24) is 5.32 Å². The molecule has 21 heavy (non-hydrogen) atoms. The van der Waals surface area contributed by atoms with Gasteiger partial charge in [-0.3, -0.25) is 14.5 Å². The van der Waals surface area contributed by atoms with Crippen LogP contribution >= 0.6 is 31.9 Å². The van der Waals surface area contributed by atoms with Crippen molar-refractivity contribution in [1.29, 1.82) is 0 Å². The average molecular weight is 418 g/mol. The minimum absolute atomic E-state index is 0.0144. The second-order valence-electron chi connectivity index (χ2n) is 6.07. The van der Waals surface area contributed by atoms with Gasteiger partial charge in [-0.05, 0) is 53.9 Å². The number of carbonyl (C=O) groups excluding carboxylic acids is 2. The van der Waals surface area contributed by atoms with Gasteiger partial charge in [0.2, 0.25) is 5.91 Å². The van der Waals surface area contributed by atoms with Crippen LogP contribution in [-0.2, 0) is 9.59 Å². The zero-order valence-corrected chi connectivity index (χ0v) is 15.6. The van der Waals surface area contributed by atoms with E-state index in [1.54, 1.807) is 18.7 Å². The van der Waals surface area contributed by atoms with Crippen molar-refractivity contribution in [2.75, 3.05) is 4.90 Å². The van der Waals surface area contributed by atoms with Crippen LogP contribution in [0.15, 0.2) is 27.1 Å². The van der Waals surface area contributed by atoms with E-state index in [-0.39, 0.29) is 17.7 Å². The Balaban J connectivity index is 2.58. The quantitative estimate of drug-likeness (QED) is 0.800. The Morgan fingerprint density at radius 1 is 1.24 bits per heavy atom. The predicted octanol–water partition coefficient (Wildman–Crippen LogP) is 3.48. The molecular formula is C15H18Br2N2O2. The third kappa shape index (κ3) is 3.01. The fraction of sp³-hybridized carbons (Fsp3) is 0.467. The minimum atomic E-state index is -0.908. The number of amides is 2. The largest absolute Gasteiger partial charge is 0.340 e. The van der Waals surface area contributed by atoms with Crippen molar-refractivity contribution >= 4 is 49.4 Å². The molecule has 4 nitrogen and oxygen atoms in total. The normalized spacial score (nSPS) is 21.7. The summed E-state index contributed by atoms with van der Waals surface area (Å²) in [4.78, 5) is 26.9. The van der Waals surface area contributed by atoms with Crippen molar-refractivity contribution < 1.29 is 9.59 Å². The van der Waals surface area contributed by atoms with Gasteiger partial charge >= 0.3 is 0 Å². The highest BCUT2D eigenvalue weighted by Gasteiger charge is 2.47. The molecule has 1 aromatic carbocycles. The molecule has 0 aliphatic carbocycles. The summed E-state index contributed by atoms with van der Waals surface area (Å²) in [6.07, 6.45) is 0. The second kappa shape index (κ2) is 5.72. The Labute approximate surface area is 141 Å². The molecule has 1 unspecified atom stereocenters. The highest BCUT2D eigenvalue weighted by atomic mass is 79.9. The highest BCUT2D eigenvalue weighted by Crippen LogP contribution is 2.35. The maximum atomic E-state index is 12.8. The van der Waals surface area contributed by atoms with E-state index in [2.05, 4.69) is 37.2 Å². The lowest BCUT2D eigenvalue weighted by Gasteiger charge is -2.44. The molecule has 114 valence electrons. The minimum Gasteiger partial charge on any atom is -0.340 e. The average Bonchev–Trinajstić information content (AvgIpc) is 2.33. The molecule has 6 heteroatoms. The molecule has 0 aromatic heterocycles. The number of piperazine rings is 1. The van der Waals surface area contributed by atoms with Gasteiger partial charge in [0, 0.05) is 8.95 Å². The van der Waals surface area contributed by atoms with E-state index >= 15 is 0 Å². The molecule has 0 bridgehead atoms. The summed E-state index contributed by atoms with van der Waals surface area (Å²) >= 11 is 6.89. The van der Waals surface area contributed by atoms with E-state index < -0.39 is 11.6 Å². The first-order valence-corrected chi connectivity index (χ1v) is 8.34. The van der Waals surface area contributed by atoms with Gasteiger partial charge in [0.25, 0.3) is 5.91 Å². The van der Waals surface area contributed by atoms with Gasteiger partial charge in [-0.25, -0.2) is 0 Å². The summed E-state index contributed by atoms with van der Waals surface area (Å²) in [6.45, 7) is 7.33. The van der Waals surface area contributed by atoms with Crippen LogP contribution in [0.5, 0.6) is 0 Å². The van der Waals surface area contributed by atoms with Gasteiger partial charge in [-0.15, -0.1) is 0 Å². The number of hydrogen-bond donors (Lipinski definition) is 1. The zero-order chi connectivity index (χ0) is 15.9. The zero-order valence-electron chi connectivity index (χ0n) is 12.4. The number of halogens is 2. The lowest BCUT2D eigenvalue weighted by Crippen LogP contribution is -2.69. The Hall–Kier alpha value is -0.880. The molecular weight excluding hydrogens is 400 g/mol. The first-order valence-electron chi connectivity index (χ1n) is 6.76. The Morgan fingerprint density at radius 2 is 1.86 bits per heavy atom. The molecule has 2 amide bonds. The molecule has 1 heterocycles. The Kier molecular flexibility index (Phi) is 4.49. The van der Waals surface area contributed by atoms with E-state index in [1.807, 2.05) is 32.0 Å². The Bertz CT molecular complexity index is 599. The molecule has 1 aliphatic heterocycles. The van der Waals surface area contributed by atoms with Gasteiger partial charge < -0.3 is 5.32 Å². The van der Waals surface area contributed by atoms with Crippen molar-refractivity contribution in [3.63, 3.8) is 0 Å². The smallest absolute Gasteiger partial charge is 0.252 e. The number of rotatable bonds is 2. The van der Waals surface area contributed by atoms with Crippen molar-refractivity contribution in [2.45, 2.75) is 39.3 Å². The Morgan fingerprint density at radius 3 is 2.38 bits per heavy atom. The number of carbonyl (C=O) groups is 2. The van der Waals surface area contributed by atoms with Crippen LogP contribution in [0.2, 0.25) is 0 Å². The molecule has 0 spiro atoms. The number of anilines is 1. The van der Waals surface area contributed by atoms with Crippen LogP contribution in [0.1, 0.15) is 27.7 Å². The predicted molar refractivity (Wildman–Crippen MR) is 90.2 cm³/mol. The van der Waals surface area contributed by atoms with Gasteiger partial charge in [0.15, 0.2) is 0 Å². The van der Waals surface area contributed by atoms with Crippen LogP contribution in [-0.4, -0.2) is 23.4 Å². The molecule has 0 radical (unpaired) electrons.